The Hall–Kier alpha value is -2.17. The molecule has 2 rings (SSSR count). The lowest BCUT2D eigenvalue weighted by Gasteiger charge is -2.01. The van der Waals surface area contributed by atoms with Crippen molar-refractivity contribution < 1.29 is 4.79 Å². The summed E-state index contributed by atoms with van der Waals surface area (Å²) in [6.07, 6.45) is 1.64. The summed E-state index contributed by atoms with van der Waals surface area (Å²) in [6, 6.07) is 7.07. The lowest BCUT2D eigenvalue weighted by molar-refractivity contribution is 0.0958. The van der Waals surface area contributed by atoms with E-state index in [1.54, 1.807) is 31.4 Å². The predicted octanol–water partition coefficient (Wildman–Crippen LogP) is 0.831. The van der Waals surface area contributed by atoms with Crippen molar-refractivity contribution in [2.45, 2.75) is 0 Å². The Balaban J connectivity index is 2.39. The third-order valence-corrected chi connectivity index (χ3v) is 1.99. The summed E-state index contributed by atoms with van der Waals surface area (Å²) in [4.78, 5) is 15.5. The third kappa shape index (κ3) is 1.85. The Morgan fingerprint density at radius 2 is 2.27 bits per heavy atom. The molecule has 0 unspecified atom stereocenters. The maximum absolute atomic E-state index is 11.3. The fourth-order valence-electron chi connectivity index (χ4n) is 1.24. The molecule has 0 fully saturated rings. The molecule has 0 atom stereocenters. The van der Waals surface area contributed by atoms with Crippen molar-refractivity contribution in [2.24, 2.45) is 0 Å². The number of H-pyrrole nitrogens is 1. The monoisotopic (exact) mass is 202 g/mol. The molecule has 0 aliphatic carbocycles. The second-order valence-corrected chi connectivity index (χ2v) is 2.96. The summed E-state index contributed by atoms with van der Waals surface area (Å²) in [5, 5.41) is 9.15. The molecule has 2 aromatic heterocycles. The summed E-state index contributed by atoms with van der Waals surface area (Å²) in [5.74, 6) is -0.198. The first-order valence-electron chi connectivity index (χ1n) is 4.50. The van der Waals surface area contributed by atoms with Crippen LogP contribution in [0, 0.1) is 0 Å². The van der Waals surface area contributed by atoms with E-state index in [9.17, 15) is 4.79 Å². The van der Waals surface area contributed by atoms with Gasteiger partial charge in [0.15, 0.2) is 0 Å². The van der Waals surface area contributed by atoms with Gasteiger partial charge in [-0.25, -0.2) is 4.98 Å². The number of nitrogens with one attached hydrogen (secondary N) is 2. The van der Waals surface area contributed by atoms with E-state index >= 15 is 0 Å². The smallest absolute Gasteiger partial charge is 0.269 e. The molecule has 1 amide bonds. The van der Waals surface area contributed by atoms with Gasteiger partial charge in [-0.2, -0.15) is 5.10 Å². The molecule has 5 heteroatoms. The quantitative estimate of drug-likeness (QED) is 0.757. The number of amides is 1. The number of pyridine rings is 1. The van der Waals surface area contributed by atoms with Crippen LogP contribution >= 0.6 is 0 Å². The summed E-state index contributed by atoms with van der Waals surface area (Å²) >= 11 is 0. The van der Waals surface area contributed by atoms with Crippen molar-refractivity contribution in [3.05, 3.63) is 36.2 Å². The topological polar surface area (TPSA) is 70.7 Å². The fraction of sp³-hybridized carbons (Fsp3) is 0.100. The largest absolute Gasteiger partial charge is 0.354 e. The Morgan fingerprint density at radius 3 is 2.93 bits per heavy atom. The van der Waals surface area contributed by atoms with Crippen LogP contribution in [0.2, 0.25) is 0 Å². The molecule has 0 saturated heterocycles. The van der Waals surface area contributed by atoms with Crippen molar-refractivity contribution >= 4 is 5.91 Å². The SMILES string of the molecule is CNC(=O)c1cccc(-c2ccn[nH]2)n1. The van der Waals surface area contributed by atoms with E-state index in [2.05, 4.69) is 20.5 Å². The molecule has 0 radical (unpaired) electrons. The average molecular weight is 202 g/mol. The van der Waals surface area contributed by atoms with Crippen molar-refractivity contribution in [1.82, 2.24) is 20.5 Å². The minimum Gasteiger partial charge on any atom is -0.354 e. The maximum Gasteiger partial charge on any atom is 0.269 e. The van der Waals surface area contributed by atoms with Crippen LogP contribution in [0.4, 0.5) is 0 Å². The first-order chi connectivity index (χ1) is 7.31. The number of aromatic nitrogens is 3. The molecule has 5 nitrogen and oxygen atoms in total. The van der Waals surface area contributed by atoms with Gasteiger partial charge in [0.2, 0.25) is 0 Å². The van der Waals surface area contributed by atoms with Gasteiger partial charge in [-0.15, -0.1) is 0 Å². The van der Waals surface area contributed by atoms with Crippen LogP contribution in [0.1, 0.15) is 10.5 Å². The van der Waals surface area contributed by atoms with Gasteiger partial charge in [0, 0.05) is 13.2 Å². The van der Waals surface area contributed by atoms with E-state index in [4.69, 9.17) is 0 Å². The Kier molecular flexibility index (Phi) is 2.45. The van der Waals surface area contributed by atoms with E-state index in [0.29, 0.717) is 11.4 Å². The van der Waals surface area contributed by atoms with Gasteiger partial charge in [-0.3, -0.25) is 9.89 Å². The lowest BCUT2D eigenvalue weighted by atomic mass is 10.2. The molecule has 0 aromatic carbocycles. The van der Waals surface area contributed by atoms with E-state index in [1.165, 1.54) is 0 Å². The molecule has 2 heterocycles. The summed E-state index contributed by atoms with van der Waals surface area (Å²) < 4.78 is 0. The molecule has 0 bridgehead atoms. The normalized spacial score (nSPS) is 9.93. The highest BCUT2D eigenvalue weighted by molar-refractivity contribution is 5.92. The van der Waals surface area contributed by atoms with Crippen LogP contribution in [0.5, 0.6) is 0 Å². The fourth-order valence-corrected chi connectivity index (χ4v) is 1.24. The molecule has 2 N–H and O–H groups in total. The first kappa shape index (κ1) is 9.39. The number of hydrogen-bond acceptors (Lipinski definition) is 3. The molecule has 0 spiro atoms. The lowest BCUT2D eigenvalue weighted by Crippen LogP contribution is -2.19. The van der Waals surface area contributed by atoms with Gasteiger partial charge in [0.25, 0.3) is 5.91 Å². The predicted molar refractivity (Wildman–Crippen MR) is 55.2 cm³/mol. The molecule has 0 aliphatic rings. The van der Waals surface area contributed by atoms with Gasteiger partial charge in [0.05, 0.1) is 11.4 Å². The van der Waals surface area contributed by atoms with Crippen LogP contribution in [0.15, 0.2) is 30.5 Å². The van der Waals surface area contributed by atoms with Gasteiger partial charge in [-0.1, -0.05) is 6.07 Å². The average Bonchev–Trinajstić information content (AvgIpc) is 2.82. The molecule has 0 saturated carbocycles. The number of nitrogens with zero attached hydrogens (tertiary/aromatic N) is 2. The highest BCUT2D eigenvalue weighted by atomic mass is 16.1. The number of rotatable bonds is 2. The molecule has 0 aliphatic heterocycles. The van der Waals surface area contributed by atoms with E-state index in [0.717, 1.165) is 5.69 Å². The number of hydrogen-bond donors (Lipinski definition) is 2. The van der Waals surface area contributed by atoms with E-state index in [-0.39, 0.29) is 5.91 Å². The van der Waals surface area contributed by atoms with Crippen LogP contribution in [-0.2, 0) is 0 Å². The minimum absolute atomic E-state index is 0.198. The Labute approximate surface area is 86.5 Å². The molecular weight excluding hydrogens is 192 g/mol. The van der Waals surface area contributed by atoms with Crippen LogP contribution < -0.4 is 5.32 Å². The first-order valence-corrected chi connectivity index (χ1v) is 4.50. The van der Waals surface area contributed by atoms with E-state index in [1.807, 2.05) is 6.07 Å². The van der Waals surface area contributed by atoms with Crippen molar-refractivity contribution in [3.8, 4) is 11.4 Å². The van der Waals surface area contributed by atoms with Crippen LogP contribution in [0.25, 0.3) is 11.4 Å². The Morgan fingerprint density at radius 1 is 1.40 bits per heavy atom. The Bertz CT molecular complexity index is 464. The minimum atomic E-state index is -0.198. The third-order valence-electron chi connectivity index (χ3n) is 1.99. The second kappa shape index (κ2) is 3.91. The van der Waals surface area contributed by atoms with Gasteiger partial charge in [-0.05, 0) is 18.2 Å². The highest BCUT2D eigenvalue weighted by Gasteiger charge is 2.06. The second-order valence-electron chi connectivity index (χ2n) is 2.96. The number of carbonyl (C=O) groups is 1. The zero-order chi connectivity index (χ0) is 10.7. The van der Waals surface area contributed by atoms with Crippen molar-refractivity contribution in [1.29, 1.82) is 0 Å². The van der Waals surface area contributed by atoms with Gasteiger partial charge < -0.3 is 5.32 Å². The van der Waals surface area contributed by atoms with Crippen molar-refractivity contribution in [2.75, 3.05) is 7.05 Å². The van der Waals surface area contributed by atoms with E-state index < -0.39 is 0 Å². The number of aromatic amines is 1. The van der Waals surface area contributed by atoms with Crippen LogP contribution in [0.3, 0.4) is 0 Å². The summed E-state index contributed by atoms with van der Waals surface area (Å²) in [7, 11) is 1.58. The standard InChI is InChI=1S/C10H10N4O/c1-11-10(15)9-4-2-3-7(13-9)8-5-6-12-14-8/h2-6H,1H3,(H,11,15)(H,12,14). The number of carbonyl (C=O) groups excluding carboxylic acids is 1. The molecule has 2 aromatic rings. The summed E-state index contributed by atoms with van der Waals surface area (Å²) in [5.41, 5.74) is 1.89. The zero-order valence-corrected chi connectivity index (χ0v) is 8.19. The molecular formula is C10H10N4O. The maximum atomic E-state index is 11.3. The molecule has 15 heavy (non-hydrogen) atoms. The van der Waals surface area contributed by atoms with Crippen LogP contribution in [-0.4, -0.2) is 28.1 Å². The van der Waals surface area contributed by atoms with Gasteiger partial charge >= 0.3 is 0 Å². The summed E-state index contributed by atoms with van der Waals surface area (Å²) in [6.45, 7) is 0. The van der Waals surface area contributed by atoms with Gasteiger partial charge in [0.1, 0.15) is 5.69 Å². The highest BCUT2D eigenvalue weighted by Crippen LogP contribution is 2.13. The molecule has 76 valence electrons. The zero-order valence-electron chi connectivity index (χ0n) is 8.19. The van der Waals surface area contributed by atoms with Crippen molar-refractivity contribution in [3.63, 3.8) is 0 Å².